The Balaban J connectivity index is 1.57. The Morgan fingerprint density at radius 1 is 1.07 bits per heavy atom. The average molecular weight is 463 g/mol. The van der Waals surface area contributed by atoms with Crippen molar-refractivity contribution >= 4 is 52.2 Å². The van der Waals surface area contributed by atoms with Gasteiger partial charge in [-0.05, 0) is 23.1 Å². The first-order valence-electron chi connectivity index (χ1n) is 9.24. The number of halogens is 2. The molecule has 1 unspecified atom stereocenters. The molecule has 0 saturated heterocycles. The van der Waals surface area contributed by atoms with Gasteiger partial charge in [-0.25, -0.2) is 4.98 Å². The minimum absolute atomic E-state index is 0.263. The van der Waals surface area contributed by atoms with Gasteiger partial charge in [-0.2, -0.15) is 0 Å². The van der Waals surface area contributed by atoms with E-state index in [-0.39, 0.29) is 11.8 Å². The average Bonchev–Trinajstić information content (AvgIpc) is 3.27. The highest BCUT2D eigenvalue weighted by Crippen LogP contribution is 2.22. The molecule has 156 valence electrons. The van der Waals surface area contributed by atoms with Crippen LogP contribution in [0.1, 0.15) is 15.2 Å². The van der Waals surface area contributed by atoms with Crippen LogP contribution in [0.5, 0.6) is 0 Å². The molecule has 6 nitrogen and oxygen atoms in total. The minimum Gasteiger partial charge on any atom is -0.367 e. The summed E-state index contributed by atoms with van der Waals surface area (Å²) in [5.41, 5.74) is 0.958. The summed E-state index contributed by atoms with van der Waals surface area (Å²) in [6.07, 6.45) is 1.88. The minimum atomic E-state index is -0.695. The molecular weight excluding hydrogens is 443 g/mol. The Morgan fingerprint density at radius 3 is 2.57 bits per heavy atom. The monoisotopic (exact) mass is 462 g/mol. The summed E-state index contributed by atoms with van der Waals surface area (Å²) in [6.45, 7) is 0.747. The van der Waals surface area contributed by atoms with Crippen molar-refractivity contribution in [3.05, 3.63) is 80.6 Å². The molecule has 0 bridgehead atoms. The summed E-state index contributed by atoms with van der Waals surface area (Å²) in [6, 6.07) is 14.0. The SMILES string of the molecule is O=C(NC(Cc1ccccc1)C(=O)NCCNc1ncc(Cl)cc1Cl)c1cccs1. The molecule has 3 N–H and O–H groups in total. The zero-order valence-electron chi connectivity index (χ0n) is 15.9. The van der Waals surface area contributed by atoms with Crippen LogP contribution in [-0.4, -0.2) is 35.9 Å². The van der Waals surface area contributed by atoms with Crippen LogP contribution in [0, 0.1) is 0 Å². The van der Waals surface area contributed by atoms with Crippen molar-refractivity contribution in [1.82, 2.24) is 15.6 Å². The van der Waals surface area contributed by atoms with Gasteiger partial charge in [0.15, 0.2) is 0 Å². The summed E-state index contributed by atoms with van der Waals surface area (Å²) in [7, 11) is 0. The van der Waals surface area contributed by atoms with Gasteiger partial charge >= 0.3 is 0 Å². The Bertz CT molecular complexity index is 984. The van der Waals surface area contributed by atoms with Crippen LogP contribution in [-0.2, 0) is 11.2 Å². The molecule has 3 rings (SSSR count). The van der Waals surface area contributed by atoms with E-state index >= 15 is 0 Å². The third-order valence-corrected chi connectivity index (χ3v) is 5.54. The van der Waals surface area contributed by atoms with Gasteiger partial charge in [0.1, 0.15) is 11.9 Å². The van der Waals surface area contributed by atoms with Crippen molar-refractivity contribution in [2.45, 2.75) is 12.5 Å². The number of anilines is 1. The number of nitrogens with one attached hydrogen (secondary N) is 3. The van der Waals surface area contributed by atoms with E-state index in [2.05, 4.69) is 20.9 Å². The van der Waals surface area contributed by atoms with Crippen LogP contribution < -0.4 is 16.0 Å². The van der Waals surface area contributed by atoms with Gasteiger partial charge in [-0.3, -0.25) is 9.59 Å². The molecule has 0 aliphatic heterocycles. The molecule has 0 aliphatic rings. The highest BCUT2D eigenvalue weighted by Gasteiger charge is 2.22. The van der Waals surface area contributed by atoms with Crippen molar-refractivity contribution in [2.75, 3.05) is 18.4 Å². The number of hydrogen-bond donors (Lipinski definition) is 3. The largest absolute Gasteiger partial charge is 0.367 e. The predicted octanol–water partition coefficient (Wildman–Crippen LogP) is 4.02. The molecule has 3 aromatic rings. The quantitative estimate of drug-likeness (QED) is 0.419. The Labute approximate surface area is 188 Å². The molecule has 0 radical (unpaired) electrons. The van der Waals surface area contributed by atoms with E-state index in [9.17, 15) is 9.59 Å². The summed E-state index contributed by atoms with van der Waals surface area (Å²) >= 11 is 13.2. The standard InChI is InChI=1S/C21H20Cl2N4O2S/c22-15-12-16(23)19(26-13-15)24-8-9-25-20(28)17(11-14-5-2-1-3-6-14)27-21(29)18-7-4-10-30-18/h1-7,10,12-13,17H,8-9,11H2,(H,24,26)(H,25,28)(H,27,29). The fourth-order valence-electron chi connectivity index (χ4n) is 2.73. The normalized spacial score (nSPS) is 11.5. The molecular formula is C21H20Cl2N4O2S. The van der Waals surface area contributed by atoms with E-state index in [0.29, 0.717) is 40.3 Å². The first kappa shape index (κ1) is 22.1. The van der Waals surface area contributed by atoms with Gasteiger partial charge in [-0.1, -0.05) is 59.6 Å². The topological polar surface area (TPSA) is 83.1 Å². The Hall–Kier alpha value is -2.61. The molecule has 2 heterocycles. The van der Waals surface area contributed by atoms with E-state index in [1.165, 1.54) is 17.5 Å². The second-order valence-electron chi connectivity index (χ2n) is 6.39. The van der Waals surface area contributed by atoms with Crippen LogP contribution in [0.2, 0.25) is 10.0 Å². The number of amides is 2. The lowest BCUT2D eigenvalue weighted by Gasteiger charge is -2.18. The van der Waals surface area contributed by atoms with Gasteiger partial charge in [-0.15, -0.1) is 11.3 Å². The number of aromatic nitrogens is 1. The molecule has 1 atom stereocenters. The van der Waals surface area contributed by atoms with Crippen LogP contribution in [0.15, 0.2) is 60.1 Å². The lowest BCUT2D eigenvalue weighted by Crippen LogP contribution is -2.48. The van der Waals surface area contributed by atoms with Gasteiger partial charge in [0.25, 0.3) is 5.91 Å². The van der Waals surface area contributed by atoms with E-state index in [4.69, 9.17) is 23.2 Å². The van der Waals surface area contributed by atoms with E-state index in [1.54, 1.807) is 18.2 Å². The number of thiophene rings is 1. The maximum atomic E-state index is 12.8. The van der Waals surface area contributed by atoms with Gasteiger partial charge in [0, 0.05) is 25.7 Å². The number of pyridine rings is 1. The highest BCUT2D eigenvalue weighted by atomic mass is 35.5. The van der Waals surface area contributed by atoms with E-state index in [0.717, 1.165) is 5.56 Å². The van der Waals surface area contributed by atoms with Crippen molar-refractivity contribution in [3.63, 3.8) is 0 Å². The summed E-state index contributed by atoms with van der Waals surface area (Å²) in [5.74, 6) is -0.0424. The molecule has 9 heteroatoms. The number of carbonyl (C=O) groups excluding carboxylic acids is 2. The smallest absolute Gasteiger partial charge is 0.262 e. The maximum absolute atomic E-state index is 12.8. The number of benzene rings is 1. The van der Waals surface area contributed by atoms with E-state index in [1.807, 2.05) is 35.7 Å². The molecule has 1 aromatic carbocycles. The zero-order valence-corrected chi connectivity index (χ0v) is 18.2. The van der Waals surface area contributed by atoms with Crippen LogP contribution >= 0.6 is 34.5 Å². The van der Waals surface area contributed by atoms with Gasteiger partial charge < -0.3 is 16.0 Å². The van der Waals surface area contributed by atoms with Crippen molar-refractivity contribution < 1.29 is 9.59 Å². The fraction of sp³-hybridized carbons (Fsp3) is 0.190. The highest BCUT2D eigenvalue weighted by molar-refractivity contribution is 7.12. The lowest BCUT2D eigenvalue weighted by molar-refractivity contribution is -0.122. The molecule has 0 aliphatic carbocycles. The van der Waals surface area contributed by atoms with Gasteiger partial charge in [0.2, 0.25) is 5.91 Å². The third kappa shape index (κ3) is 6.45. The molecule has 30 heavy (non-hydrogen) atoms. The molecule has 0 saturated carbocycles. The van der Waals surface area contributed by atoms with Crippen LogP contribution in [0.4, 0.5) is 5.82 Å². The molecule has 2 aromatic heterocycles. The van der Waals surface area contributed by atoms with Crippen molar-refractivity contribution in [3.8, 4) is 0 Å². The fourth-order valence-corrected chi connectivity index (χ4v) is 3.80. The number of rotatable bonds is 9. The van der Waals surface area contributed by atoms with E-state index < -0.39 is 6.04 Å². The number of carbonyl (C=O) groups is 2. The summed E-state index contributed by atoms with van der Waals surface area (Å²) in [4.78, 5) is 29.9. The molecule has 2 amide bonds. The Kier molecular flexibility index (Phi) is 8.07. The summed E-state index contributed by atoms with van der Waals surface area (Å²) < 4.78 is 0. The second-order valence-corrected chi connectivity index (χ2v) is 8.19. The predicted molar refractivity (Wildman–Crippen MR) is 121 cm³/mol. The van der Waals surface area contributed by atoms with Crippen molar-refractivity contribution in [2.24, 2.45) is 0 Å². The first-order chi connectivity index (χ1) is 14.5. The third-order valence-electron chi connectivity index (χ3n) is 4.17. The zero-order chi connectivity index (χ0) is 21.3. The van der Waals surface area contributed by atoms with Crippen LogP contribution in [0.3, 0.4) is 0 Å². The number of hydrogen-bond acceptors (Lipinski definition) is 5. The summed E-state index contributed by atoms with van der Waals surface area (Å²) in [5, 5.41) is 11.4. The Morgan fingerprint density at radius 2 is 1.87 bits per heavy atom. The molecule has 0 fully saturated rings. The van der Waals surface area contributed by atoms with Crippen LogP contribution in [0.25, 0.3) is 0 Å². The molecule has 0 spiro atoms. The van der Waals surface area contributed by atoms with Gasteiger partial charge in [0.05, 0.1) is 14.9 Å². The second kappa shape index (κ2) is 11.0. The van der Waals surface area contributed by atoms with Crippen molar-refractivity contribution in [1.29, 1.82) is 0 Å². The maximum Gasteiger partial charge on any atom is 0.262 e. The lowest BCUT2D eigenvalue weighted by atomic mass is 10.1. The first-order valence-corrected chi connectivity index (χ1v) is 10.9. The number of nitrogens with zero attached hydrogens (tertiary/aromatic N) is 1.